The second kappa shape index (κ2) is 7.13. The van der Waals surface area contributed by atoms with E-state index in [9.17, 15) is 21.6 Å². The second-order valence-electron chi connectivity index (χ2n) is 6.24. The Labute approximate surface area is 157 Å². The van der Waals surface area contributed by atoms with Crippen LogP contribution in [0.4, 0.5) is 5.69 Å². The molecule has 140 valence electrons. The van der Waals surface area contributed by atoms with Crippen molar-refractivity contribution in [3.63, 3.8) is 0 Å². The molecule has 1 fully saturated rings. The van der Waals surface area contributed by atoms with Crippen LogP contribution in [-0.2, 0) is 19.7 Å². The topological polar surface area (TPSA) is 121 Å². The molecule has 1 heterocycles. The van der Waals surface area contributed by atoms with Gasteiger partial charge < -0.3 is 5.32 Å². The van der Waals surface area contributed by atoms with Crippen LogP contribution < -0.4 is 5.32 Å². The summed E-state index contributed by atoms with van der Waals surface area (Å²) in [6.45, 7) is 0. The van der Waals surface area contributed by atoms with E-state index in [2.05, 4.69) is 5.32 Å². The van der Waals surface area contributed by atoms with E-state index in [1.54, 1.807) is 18.2 Å². The summed E-state index contributed by atoms with van der Waals surface area (Å²) in [7, 11) is -7.20. The Morgan fingerprint density at radius 1 is 1.15 bits per heavy atom. The number of hydrogen-bond donors (Lipinski definition) is 1. The normalized spacial score (nSPS) is 18.6. The zero-order chi connectivity index (χ0) is 19.7. The third kappa shape index (κ3) is 4.18. The molecule has 1 saturated heterocycles. The van der Waals surface area contributed by atoms with Crippen LogP contribution in [0.15, 0.2) is 53.4 Å². The predicted molar refractivity (Wildman–Crippen MR) is 99.8 cm³/mol. The molecule has 3 rings (SSSR count). The van der Waals surface area contributed by atoms with Gasteiger partial charge in [-0.3, -0.25) is 4.79 Å². The fourth-order valence-corrected chi connectivity index (χ4v) is 7.29. The van der Waals surface area contributed by atoms with Crippen LogP contribution in [0, 0.1) is 11.3 Å². The van der Waals surface area contributed by atoms with Crippen LogP contribution in [0.1, 0.15) is 22.3 Å². The molecule has 1 aliphatic heterocycles. The van der Waals surface area contributed by atoms with E-state index >= 15 is 0 Å². The number of amides is 1. The monoisotopic (exact) mass is 404 g/mol. The Hall–Kier alpha value is -2.70. The average molecular weight is 404 g/mol. The van der Waals surface area contributed by atoms with Gasteiger partial charge in [0, 0.05) is 11.3 Å². The first-order valence-electron chi connectivity index (χ1n) is 8.07. The summed E-state index contributed by atoms with van der Waals surface area (Å²) >= 11 is 0. The van der Waals surface area contributed by atoms with Gasteiger partial charge in [-0.15, -0.1) is 0 Å². The number of rotatable bonds is 4. The number of sulfone groups is 2. The number of nitrogens with one attached hydrogen (secondary N) is 1. The Morgan fingerprint density at radius 3 is 2.56 bits per heavy atom. The highest BCUT2D eigenvalue weighted by molar-refractivity contribution is 7.96. The molecule has 9 heteroatoms. The summed E-state index contributed by atoms with van der Waals surface area (Å²) < 4.78 is 48.6. The van der Waals surface area contributed by atoms with Gasteiger partial charge in [0.1, 0.15) is 0 Å². The number of carbonyl (C=O) groups excluding carboxylic acids is 1. The maximum Gasteiger partial charge on any atom is 0.255 e. The van der Waals surface area contributed by atoms with E-state index in [1.807, 2.05) is 6.07 Å². The van der Waals surface area contributed by atoms with E-state index in [1.165, 1.54) is 30.3 Å². The third-order valence-electron chi connectivity index (χ3n) is 4.30. The van der Waals surface area contributed by atoms with Crippen molar-refractivity contribution in [2.45, 2.75) is 16.6 Å². The van der Waals surface area contributed by atoms with Crippen molar-refractivity contribution in [3.8, 4) is 6.07 Å². The maximum absolute atomic E-state index is 12.7. The largest absolute Gasteiger partial charge is 0.322 e. The van der Waals surface area contributed by atoms with Gasteiger partial charge in [0.25, 0.3) is 5.91 Å². The molecule has 2 aromatic carbocycles. The van der Waals surface area contributed by atoms with Crippen molar-refractivity contribution in [2.75, 3.05) is 16.8 Å². The Balaban J connectivity index is 1.85. The Morgan fingerprint density at radius 2 is 1.89 bits per heavy atom. The molecule has 27 heavy (non-hydrogen) atoms. The fraction of sp³-hybridized carbons (Fsp3) is 0.222. The lowest BCUT2D eigenvalue weighted by molar-refractivity contribution is 0.102. The molecular weight excluding hydrogens is 388 g/mol. The highest BCUT2D eigenvalue weighted by atomic mass is 32.2. The van der Waals surface area contributed by atoms with Gasteiger partial charge in [-0.05, 0) is 42.8 Å². The first-order valence-corrected chi connectivity index (χ1v) is 11.4. The lowest BCUT2D eigenvalue weighted by Crippen LogP contribution is -2.23. The summed E-state index contributed by atoms with van der Waals surface area (Å²) in [4.78, 5) is 12.4. The summed E-state index contributed by atoms with van der Waals surface area (Å²) in [5, 5.41) is 10.5. The van der Waals surface area contributed by atoms with Crippen LogP contribution in [-0.4, -0.2) is 39.5 Å². The number of nitriles is 1. The maximum atomic E-state index is 12.7. The van der Waals surface area contributed by atoms with Crippen LogP contribution in [0.5, 0.6) is 0 Å². The molecule has 1 aliphatic rings. The molecule has 0 spiro atoms. The molecule has 0 aromatic heterocycles. The van der Waals surface area contributed by atoms with E-state index in [0.29, 0.717) is 11.3 Å². The van der Waals surface area contributed by atoms with Crippen molar-refractivity contribution in [1.82, 2.24) is 0 Å². The average Bonchev–Trinajstić information content (AvgIpc) is 3.02. The lowest BCUT2D eigenvalue weighted by Gasteiger charge is -2.11. The van der Waals surface area contributed by atoms with E-state index in [4.69, 9.17) is 5.26 Å². The summed E-state index contributed by atoms with van der Waals surface area (Å²) in [6, 6.07) is 13.8. The molecule has 1 N–H and O–H groups in total. The molecule has 7 nitrogen and oxygen atoms in total. The van der Waals surface area contributed by atoms with E-state index in [-0.39, 0.29) is 22.6 Å². The van der Waals surface area contributed by atoms with E-state index in [0.717, 1.165) is 0 Å². The van der Waals surface area contributed by atoms with Crippen LogP contribution >= 0.6 is 0 Å². The van der Waals surface area contributed by atoms with E-state index < -0.39 is 36.6 Å². The summed E-state index contributed by atoms with van der Waals surface area (Å²) in [6.07, 6.45) is 0.0576. The molecule has 1 amide bonds. The van der Waals surface area contributed by atoms with Crippen molar-refractivity contribution in [1.29, 1.82) is 5.26 Å². The zero-order valence-electron chi connectivity index (χ0n) is 14.1. The summed E-state index contributed by atoms with van der Waals surface area (Å²) in [5.74, 6) is -1.07. The standard InChI is InChI=1S/C18H16N2O5S2/c19-11-13-3-1-5-15(9-13)20-18(21)14-4-2-6-16(10-14)27(24,25)17-7-8-26(22,23)12-17/h1-6,9-10,17H,7-8,12H2,(H,20,21). The van der Waals surface area contributed by atoms with Gasteiger partial charge in [-0.25, -0.2) is 16.8 Å². The highest BCUT2D eigenvalue weighted by Gasteiger charge is 2.38. The van der Waals surface area contributed by atoms with Crippen LogP contribution in [0.2, 0.25) is 0 Å². The first kappa shape index (κ1) is 19.1. The highest BCUT2D eigenvalue weighted by Crippen LogP contribution is 2.26. The lowest BCUT2D eigenvalue weighted by atomic mass is 10.2. The van der Waals surface area contributed by atoms with Crippen LogP contribution in [0.25, 0.3) is 0 Å². The van der Waals surface area contributed by atoms with Crippen molar-refractivity contribution >= 4 is 31.3 Å². The number of hydrogen-bond acceptors (Lipinski definition) is 6. The SMILES string of the molecule is N#Cc1cccc(NC(=O)c2cccc(S(=O)(=O)C3CCS(=O)(=O)C3)c2)c1. The van der Waals surface area contributed by atoms with Crippen LogP contribution in [0.3, 0.4) is 0 Å². The zero-order valence-corrected chi connectivity index (χ0v) is 15.8. The Kier molecular flexibility index (Phi) is 5.04. The molecule has 2 aromatic rings. The third-order valence-corrected chi connectivity index (χ3v) is 8.47. The molecule has 0 bridgehead atoms. The van der Waals surface area contributed by atoms with Gasteiger partial charge in [0.2, 0.25) is 0 Å². The Bertz CT molecular complexity index is 1150. The van der Waals surface area contributed by atoms with Crippen molar-refractivity contribution in [3.05, 3.63) is 59.7 Å². The molecule has 1 atom stereocenters. The van der Waals surface area contributed by atoms with Gasteiger partial charge in [0.15, 0.2) is 19.7 Å². The molecule has 0 aliphatic carbocycles. The number of anilines is 1. The molecule has 0 radical (unpaired) electrons. The quantitative estimate of drug-likeness (QED) is 0.829. The van der Waals surface area contributed by atoms with Gasteiger partial charge in [-0.1, -0.05) is 12.1 Å². The van der Waals surface area contributed by atoms with Crippen molar-refractivity contribution < 1.29 is 21.6 Å². The minimum absolute atomic E-state index is 0.0576. The fourth-order valence-electron chi connectivity index (χ4n) is 2.88. The van der Waals surface area contributed by atoms with Crippen molar-refractivity contribution in [2.24, 2.45) is 0 Å². The molecule has 1 unspecified atom stereocenters. The molecular formula is C18H16N2O5S2. The minimum atomic E-state index is -3.85. The predicted octanol–water partition coefficient (Wildman–Crippen LogP) is 1.77. The smallest absolute Gasteiger partial charge is 0.255 e. The summed E-state index contributed by atoms with van der Waals surface area (Å²) in [5.41, 5.74) is 0.917. The number of carbonyl (C=O) groups is 1. The van der Waals surface area contributed by atoms with Gasteiger partial charge in [0.05, 0.1) is 33.3 Å². The first-order chi connectivity index (χ1) is 12.7. The molecule has 0 saturated carbocycles. The minimum Gasteiger partial charge on any atom is -0.322 e. The van der Waals surface area contributed by atoms with Gasteiger partial charge >= 0.3 is 0 Å². The number of benzene rings is 2. The number of nitrogens with zero attached hydrogens (tertiary/aromatic N) is 1. The van der Waals surface area contributed by atoms with Gasteiger partial charge in [-0.2, -0.15) is 5.26 Å². The second-order valence-corrected chi connectivity index (χ2v) is 10.7.